The zero-order chi connectivity index (χ0) is 17.0. The maximum absolute atomic E-state index is 6.04. The van der Waals surface area contributed by atoms with Gasteiger partial charge in [0, 0.05) is 24.0 Å². The third kappa shape index (κ3) is 4.72. The zero-order valence-corrected chi connectivity index (χ0v) is 17.5. The standard InChI is InChI=1S/C18H27N5.HI/c1-6-16-15(17(7-2)23(5)22-16)11-20-18(19)21-14-9-8-12(3)13(4)10-14;/h8-10H,6-7,11H2,1-5H3,(H3,19,20,21);1H. The molecule has 24 heavy (non-hydrogen) atoms. The fourth-order valence-electron chi connectivity index (χ4n) is 2.74. The van der Waals surface area contributed by atoms with E-state index in [1.54, 1.807) is 0 Å². The van der Waals surface area contributed by atoms with Gasteiger partial charge in [0.15, 0.2) is 5.96 Å². The summed E-state index contributed by atoms with van der Waals surface area (Å²) in [5, 5.41) is 7.73. The number of nitrogens with one attached hydrogen (secondary N) is 1. The lowest BCUT2D eigenvalue weighted by Gasteiger charge is -2.08. The Morgan fingerprint density at radius 1 is 1.21 bits per heavy atom. The molecular weight excluding hydrogens is 413 g/mol. The lowest BCUT2D eigenvalue weighted by Crippen LogP contribution is -2.22. The molecule has 0 aliphatic heterocycles. The largest absolute Gasteiger partial charge is 0.370 e. The van der Waals surface area contributed by atoms with Gasteiger partial charge in [-0.2, -0.15) is 5.10 Å². The second kappa shape index (κ2) is 9.05. The lowest BCUT2D eigenvalue weighted by molar-refractivity contribution is 0.703. The fraction of sp³-hybridized carbons (Fsp3) is 0.444. The molecule has 0 saturated carbocycles. The molecule has 0 aliphatic carbocycles. The number of aliphatic imine (C=N–C) groups is 1. The number of rotatable bonds is 5. The molecule has 0 atom stereocenters. The molecule has 1 heterocycles. The number of guanidine groups is 1. The van der Waals surface area contributed by atoms with Crippen LogP contribution in [0.15, 0.2) is 23.2 Å². The van der Waals surface area contributed by atoms with E-state index in [-0.39, 0.29) is 24.0 Å². The Kier molecular flexibility index (Phi) is 7.72. The Morgan fingerprint density at radius 3 is 2.50 bits per heavy atom. The van der Waals surface area contributed by atoms with Crippen molar-refractivity contribution in [3.8, 4) is 0 Å². The summed E-state index contributed by atoms with van der Waals surface area (Å²) < 4.78 is 1.95. The Morgan fingerprint density at radius 2 is 1.92 bits per heavy atom. The minimum atomic E-state index is 0. The monoisotopic (exact) mass is 441 g/mol. The van der Waals surface area contributed by atoms with Gasteiger partial charge in [0.05, 0.1) is 12.2 Å². The van der Waals surface area contributed by atoms with Crippen LogP contribution >= 0.6 is 24.0 Å². The highest BCUT2D eigenvalue weighted by molar-refractivity contribution is 14.0. The van der Waals surface area contributed by atoms with E-state index in [0.29, 0.717) is 12.5 Å². The molecule has 0 spiro atoms. The molecule has 0 fully saturated rings. The molecule has 0 bridgehead atoms. The van der Waals surface area contributed by atoms with Gasteiger partial charge in [-0.3, -0.25) is 4.68 Å². The van der Waals surface area contributed by atoms with E-state index >= 15 is 0 Å². The fourth-order valence-corrected chi connectivity index (χ4v) is 2.74. The Hall–Kier alpha value is -1.57. The number of benzene rings is 1. The van der Waals surface area contributed by atoms with Crippen LogP contribution in [0, 0.1) is 13.8 Å². The quantitative estimate of drug-likeness (QED) is 0.423. The van der Waals surface area contributed by atoms with Crippen LogP contribution in [0.25, 0.3) is 0 Å². The number of anilines is 1. The minimum Gasteiger partial charge on any atom is -0.370 e. The summed E-state index contributed by atoms with van der Waals surface area (Å²) in [6.07, 6.45) is 1.85. The van der Waals surface area contributed by atoms with Gasteiger partial charge in [-0.25, -0.2) is 4.99 Å². The highest BCUT2D eigenvalue weighted by Crippen LogP contribution is 2.17. The second-order valence-electron chi connectivity index (χ2n) is 5.83. The van der Waals surface area contributed by atoms with E-state index in [2.05, 4.69) is 55.2 Å². The molecule has 2 rings (SSSR count). The van der Waals surface area contributed by atoms with Crippen LogP contribution in [0.5, 0.6) is 0 Å². The summed E-state index contributed by atoms with van der Waals surface area (Å²) in [7, 11) is 1.99. The number of hydrogen-bond donors (Lipinski definition) is 2. The molecule has 0 unspecified atom stereocenters. The molecule has 1 aromatic heterocycles. The number of aryl methyl sites for hydroxylation is 4. The van der Waals surface area contributed by atoms with Gasteiger partial charge in [-0.1, -0.05) is 19.9 Å². The van der Waals surface area contributed by atoms with Gasteiger partial charge >= 0.3 is 0 Å². The van der Waals surface area contributed by atoms with Crippen LogP contribution < -0.4 is 11.1 Å². The maximum atomic E-state index is 6.04. The summed E-state index contributed by atoms with van der Waals surface area (Å²) in [4.78, 5) is 4.50. The van der Waals surface area contributed by atoms with Crippen molar-refractivity contribution in [2.75, 3.05) is 5.32 Å². The first-order chi connectivity index (χ1) is 11.0. The van der Waals surface area contributed by atoms with Crippen LogP contribution in [0.2, 0.25) is 0 Å². The van der Waals surface area contributed by atoms with E-state index in [4.69, 9.17) is 5.73 Å². The highest BCUT2D eigenvalue weighted by atomic mass is 127. The van der Waals surface area contributed by atoms with E-state index < -0.39 is 0 Å². The summed E-state index contributed by atoms with van der Waals surface area (Å²) in [6, 6.07) is 6.18. The summed E-state index contributed by atoms with van der Waals surface area (Å²) in [5.41, 5.74) is 13.0. The molecule has 6 heteroatoms. The molecule has 3 N–H and O–H groups in total. The SMILES string of the molecule is CCc1nn(C)c(CC)c1CN=C(N)Nc1ccc(C)c(C)c1.I. The normalized spacial score (nSPS) is 11.3. The van der Waals surface area contributed by atoms with Gasteiger partial charge in [0.25, 0.3) is 0 Å². The Bertz CT molecular complexity index is 718. The van der Waals surface area contributed by atoms with Crippen LogP contribution in [-0.2, 0) is 26.4 Å². The molecule has 5 nitrogen and oxygen atoms in total. The molecule has 0 amide bonds. The summed E-state index contributed by atoms with van der Waals surface area (Å²) >= 11 is 0. The van der Waals surface area contributed by atoms with Crippen molar-refractivity contribution in [3.63, 3.8) is 0 Å². The minimum absolute atomic E-state index is 0. The third-order valence-electron chi connectivity index (χ3n) is 4.21. The van der Waals surface area contributed by atoms with Crippen LogP contribution in [0.3, 0.4) is 0 Å². The lowest BCUT2D eigenvalue weighted by atomic mass is 10.1. The molecule has 0 radical (unpaired) electrons. The average Bonchev–Trinajstić information content (AvgIpc) is 2.83. The molecule has 132 valence electrons. The van der Waals surface area contributed by atoms with Crippen LogP contribution in [0.1, 0.15) is 41.9 Å². The number of halogens is 1. The molecule has 0 saturated heterocycles. The zero-order valence-electron chi connectivity index (χ0n) is 15.2. The smallest absolute Gasteiger partial charge is 0.193 e. The van der Waals surface area contributed by atoms with E-state index in [9.17, 15) is 0 Å². The third-order valence-corrected chi connectivity index (χ3v) is 4.21. The predicted molar refractivity (Wildman–Crippen MR) is 112 cm³/mol. The van der Waals surface area contributed by atoms with E-state index in [0.717, 1.165) is 24.2 Å². The number of hydrogen-bond acceptors (Lipinski definition) is 2. The van der Waals surface area contributed by atoms with Gasteiger partial charge in [-0.15, -0.1) is 24.0 Å². The number of nitrogens with zero attached hydrogens (tertiary/aromatic N) is 3. The topological polar surface area (TPSA) is 68.2 Å². The van der Waals surface area contributed by atoms with Crippen molar-refractivity contribution < 1.29 is 0 Å². The van der Waals surface area contributed by atoms with Gasteiger partial charge in [0.2, 0.25) is 0 Å². The predicted octanol–water partition coefficient (Wildman–Crippen LogP) is 3.71. The van der Waals surface area contributed by atoms with Crippen molar-refractivity contribution in [3.05, 3.63) is 46.3 Å². The summed E-state index contributed by atoms with van der Waals surface area (Å²) in [5.74, 6) is 0.432. The first-order valence-electron chi connectivity index (χ1n) is 8.14. The van der Waals surface area contributed by atoms with Crippen molar-refractivity contribution >= 4 is 35.6 Å². The molecular formula is C18H28IN5. The average molecular weight is 441 g/mol. The van der Waals surface area contributed by atoms with Crippen molar-refractivity contribution in [1.82, 2.24) is 9.78 Å². The molecule has 0 aliphatic rings. The van der Waals surface area contributed by atoms with Gasteiger partial charge < -0.3 is 11.1 Å². The van der Waals surface area contributed by atoms with E-state index in [1.165, 1.54) is 22.4 Å². The van der Waals surface area contributed by atoms with Crippen molar-refractivity contribution in [2.45, 2.75) is 47.1 Å². The van der Waals surface area contributed by atoms with Crippen molar-refractivity contribution in [1.29, 1.82) is 0 Å². The first-order valence-corrected chi connectivity index (χ1v) is 8.14. The molecule has 1 aromatic carbocycles. The van der Waals surface area contributed by atoms with Crippen LogP contribution in [-0.4, -0.2) is 15.7 Å². The van der Waals surface area contributed by atoms with Crippen LogP contribution in [0.4, 0.5) is 5.69 Å². The van der Waals surface area contributed by atoms with E-state index in [1.807, 2.05) is 17.8 Å². The maximum Gasteiger partial charge on any atom is 0.193 e. The first kappa shape index (κ1) is 20.5. The Labute approximate surface area is 161 Å². The number of aromatic nitrogens is 2. The molecule has 2 aromatic rings. The van der Waals surface area contributed by atoms with Crippen molar-refractivity contribution in [2.24, 2.45) is 17.8 Å². The number of nitrogens with two attached hydrogens (primary N) is 1. The summed E-state index contributed by atoms with van der Waals surface area (Å²) in [6.45, 7) is 9.00. The Balaban J connectivity index is 0.00000288. The second-order valence-corrected chi connectivity index (χ2v) is 5.83. The van der Waals surface area contributed by atoms with Gasteiger partial charge in [-0.05, 0) is 49.9 Å². The van der Waals surface area contributed by atoms with Gasteiger partial charge in [0.1, 0.15) is 0 Å². The highest BCUT2D eigenvalue weighted by Gasteiger charge is 2.13.